The van der Waals surface area contributed by atoms with Gasteiger partial charge in [-0.15, -0.1) is 0 Å². The van der Waals surface area contributed by atoms with Gasteiger partial charge in [0.2, 0.25) is 11.8 Å². The Labute approximate surface area is 338 Å². The highest BCUT2D eigenvalue weighted by atomic mass is 35.5. The second kappa shape index (κ2) is 14.5. The second-order valence-corrected chi connectivity index (χ2v) is 15.2. The molecule has 6 unspecified atom stereocenters. The first-order valence-corrected chi connectivity index (χ1v) is 18.7. The topological polar surface area (TPSA) is 155 Å². The van der Waals surface area contributed by atoms with Crippen molar-refractivity contribution in [2.45, 2.75) is 37.0 Å². The molecule has 4 aromatic rings. The third-order valence-corrected chi connectivity index (χ3v) is 12.0. The number of hydrogen-bond donors (Lipinski definition) is 2. The fourth-order valence-corrected chi connectivity index (χ4v) is 9.33. The molecule has 8 rings (SSSR count). The summed E-state index contributed by atoms with van der Waals surface area (Å²) >= 11 is 12.6. The molecule has 0 radical (unpaired) electrons. The first kappa shape index (κ1) is 38.9. The van der Waals surface area contributed by atoms with Crippen molar-refractivity contribution in [3.63, 3.8) is 0 Å². The summed E-state index contributed by atoms with van der Waals surface area (Å²) in [5.41, 5.74) is 1.24. The largest absolute Gasteiger partial charge is 0.508 e. The van der Waals surface area contributed by atoms with Crippen LogP contribution in [0.25, 0.3) is 0 Å². The van der Waals surface area contributed by atoms with Crippen LogP contribution in [0.2, 0.25) is 10.0 Å². The summed E-state index contributed by atoms with van der Waals surface area (Å²) in [7, 11) is 1.03. The molecule has 3 aromatic carbocycles. The molecule has 6 atom stereocenters. The molecule has 3 fully saturated rings. The molecule has 0 spiro atoms. The van der Waals surface area contributed by atoms with E-state index in [1.54, 1.807) is 30.3 Å². The zero-order valence-corrected chi connectivity index (χ0v) is 31.7. The summed E-state index contributed by atoms with van der Waals surface area (Å²) in [6.07, 6.45) is -3.97. The lowest BCUT2D eigenvalue weighted by atomic mass is 9.49. The number of methoxy groups -OCH3 is 1. The number of hydrogen-bond acceptors (Lipinski definition) is 10. The molecule has 12 nitrogen and oxygen atoms in total. The summed E-state index contributed by atoms with van der Waals surface area (Å²) in [4.78, 5) is 74.7. The number of alkyl halides is 3. The number of fused-ring (bicyclic) bond motifs is 4. The van der Waals surface area contributed by atoms with Gasteiger partial charge in [0, 0.05) is 28.8 Å². The van der Waals surface area contributed by atoms with Gasteiger partial charge in [0.05, 0.1) is 40.9 Å². The highest BCUT2D eigenvalue weighted by molar-refractivity contribution is 6.33. The smallest absolute Gasteiger partial charge is 0.423 e. The molecule has 1 saturated carbocycles. The zero-order chi connectivity index (χ0) is 41.3. The van der Waals surface area contributed by atoms with Gasteiger partial charge < -0.3 is 14.6 Å². The number of phenolic OH excluding ortho intramolecular Hbond substituents is 1. The van der Waals surface area contributed by atoms with Gasteiger partial charge in [0.15, 0.2) is 5.82 Å². The number of ether oxygens (including phenoxy) is 2. The lowest BCUT2D eigenvalue weighted by Crippen LogP contribution is -2.53. The summed E-state index contributed by atoms with van der Waals surface area (Å²) in [6, 6.07) is 20.5. The molecule has 2 aliphatic heterocycles. The molecule has 1 aromatic heterocycles. The highest BCUT2D eigenvalue weighted by Crippen LogP contribution is 2.65. The van der Waals surface area contributed by atoms with E-state index in [1.807, 2.05) is 30.3 Å². The van der Waals surface area contributed by atoms with Crippen LogP contribution < -0.4 is 10.2 Å². The number of benzene rings is 3. The minimum Gasteiger partial charge on any atom is -0.508 e. The molecule has 4 aliphatic rings. The lowest BCUT2D eigenvalue weighted by Gasteiger charge is -2.50. The average Bonchev–Trinajstić information content (AvgIpc) is 3.58. The van der Waals surface area contributed by atoms with Gasteiger partial charge in [-0.1, -0.05) is 83.4 Å². The predicted molar refractivity (Wildman–Crippen MR) is 200 cm³/mol. The van der Waals surface area contributed by atoms with E-state index in [0.29, 0.717) is 32.8 Å². The number of pyridine rings is 1. The number of nitrogens with zero attached hydrogens (tertiary/aromatic N) is 3. The number of hydrazine groups is 1. The Morgan fingerprint density at radius 1 is 0.966 bits per heavy atom. The highest BCUT2D eigenvalue weighted by Gasteiger charge is 2.71. The Morgan fingerprint density at radius 2 is 1.69 bits per heavy atom. The maximum Gasteiger partial charge on any atom is 0.423 e. The van der Waals surface area contributed by atoms with Crippen molar-refractivity contribution >= 4 is 58.7 Å². The molecule has 2 saturated heterocycles. The van der Waals surface area contributed by atoms with E-state index >= 15 is 4.79 Å². The maximum atomic E-state index is 15.4. The number of amides is 5. The molecule has 17 heteroatoms. The molecular weight excluding hydrogens is 804 g/mol. The summed E-state index contributed by atoms with van der Waals surface area (Å²) in [5, 5.41) is 12.3. The number of halogens is 5. The number of imide groups is 4. The second-order valence-electron chi connectivity index (χ2n) is 14.4. The number of phenols is 1. The van der Waals surface area contributed by atoms with Crippen molar-refractivity contribution in [1.29, 1.82) is 0 Å². The number of rotatable bonds is 7. The van der Waals surface area contributed by atoms with Crippen LogP contribution in [0.3, 0.4) is 0 Å². The average molecular weight is 836 g/mol. The van der Waals surface area contributed by atoms with Crippen LogP contribution in [-0.2, 0) is 42.1 Å². The SMILES string of the molecule is COC(=O)N1C(=O)C2CC=C3C(CC4C(=O)N(Nc5ncc(C(F)(F)F)cc5Cl)C(=O)C4(c4ccc(Cl)cc4)C3c3ccc(OCc4ccccc4)cc3O)C2C1=O. The van der Waals surface area contributed by atoms with Crippen LogP contribution in [0, 0.1) is 23.7 Å². The van der Waals surface area contributed by atoms with Crippen molar-refractivity contribution in [1.82, 2.24) is 14.9 Å². The zero-order valence-electron chi connectivity index (χ0n) is 30.2. The van der Waals surface area contributed by atoms with Gasteiger partial charge in [-0.25, -0.2) is 9.78 Å². The van der Waals surface area contributed by atoms with E-state index in [4.69, 9.17) is 32.7 Å². The normalized spacial score (nSPS) is 25.2. The molecule has 58 heavy (non-hydrogen) atoms. The van der Waals surface area contributed by atoms with Crippen LogP contribution in [0.5, 0.6) is 11.5 Å². The fraction of sp³-hybridized carbons (Fsp3) is 0.268. The number of allylic oxidation sites excluding steroid dienone is 2. The number of nitrogens with one attached hydrogen (secondary N) is 1. The van der Waals surface area contributed by atoms with E-state index in [2.05, 4.69) is 10.4 Å². The summed E-state index contributed by atoms with van der Waals surface area (Å²) < 4.78 is 51.2. The first-order valence-electron chi connectivity index (χ1n) is 18.0. The van der Waals surface area contributed by atoms with E-state index in [0.717, 1.165) is 12.7 Å². The van der Waals surface area contributed by atoms with Crippen LogP contribution in [0.4, 0.5) is 23.8 Å². The lowest BCUT2D eigenvalue weighted by molar-refractivity contribution is -0.140. The molecule has 0 bridgehead atoms. The number of likely N-dealkylation sites (tertiary alicyclic amines) is 1. The minimum atomic E-state index is -4.79. The van der Waals surface area contributed by atoms with Gasteiger partial charge in [-0.2, -0.15) is 23.1 Å². The monoisotopic (exact) mass is 834 g/mol. The van der Waals surface area contributed by atoms with Crippen molar-refractivity contribution < 1.29 is 51.7 Å². The standard InChI is InChI=1S/C41H31Cl2F3N4O8/c1-57-39(56)49-35(52)27-14-13-25-28(32(27)37(49)54)17-29-36(53)50(48-34-30(43)15-22(18-47-34)41(44,45)46)38(55)40(29,21-7-9-23(42)10-8-21)33(25)26-12-11-24(16-31(26)51)58-19-20-5-3-2-4-6-20/h2-13,15-16,18,27-29,32-33,51H,14,17,19H2,1H3,(H,47,48). The predicted octanol–water partition coefficient (Wildman–Crippen LogP) is 7.44. The van der Waals surface area contributed by atoms with Crippen molar-refractivity contribution in [2.24, 2.45) is 23.7 Å². The Kier molecular flexibility index (Phi) is 9.71. The Balaban J connectivity index is 1.30. The van der Waals surface area contributed by atoms with Gasteiger partial charge in [-0.3, -0.25) is 24.6 Å². The van der Waals surface area contributed by atoms with Gasteiger partial charge in [0.1, 0.15) is 18.1 Å². The number of aromatic nitrogens is 1. The molecule has 2 N–H and O–H groups in total. The van der Waals surface area contributed by atoms with E-state index < -0.39 is 87.3 Å². The molecule has 2 aliphatic carbocycles. The van der Waals surface area contributed by atoms with Crippen LogP contribution in [0.1, 0.15) is 41.0 Å². The first-order chi connectivity index (χ1) is 27.7. The van der Waals surface area contributed by atoms with Crippen LogP contribution in [0.15, 0.2) is 96.7 Å². The van der Waals surface area contributed by atoms with Gasteiger partial charge in [-0.05, 0) is 54.2 Å². The quantitative estimate of drug-likeness (QED) is 0.142. The third kappa shape index (κ3) is 6.14. The third-order valence-electron chi connectivity index (χ3n) is 11.5. The summed E-state index contributed by atoms with van der Waals surface area (Å²) in [6.45, 7) is 0.164. The minimum absolute atomic E-state index is 0.0271. The molecular formula is C41H31Cl2F3N4O8. The Hall–Kier alpha value is -5.93. The number of aromatic hydroxyl groups is 1. The summed E-state index contributed by atoms with van der Waals surface area (Å²) in [5.74, 6) is -9.42. The van der Waals surface area contributed by atoms with Gasteiger partial charge in [0.25, 0.3) is 11.8 Å². The molecule has 5 amide bonds. The fourth-order valence-electron chi connectivity index (χ4n) is 9.00. The number of carbonyl (C=O) groups excluding carboxylic acids is 5. The van der Waals surface area contributed by atoms with Crippen molar-refractivity contribution in [3.05, 3.63) is 129 Å². The van der Waals surface area contributed by atoms with Crippen molar-refractivity contribution in [3.8, 4) is 11.5 Å². The maximum absolute atomic E-state index is 15.4. The molecule has 3 heterocycles. The van der Waals surface area contributed by atoms with E-state index in [1.165, 1.54) is 18.2 Å². The number of carbonyl (C=O) groups is 5. The van der Waals surface area contributed by atoms with Crippen molar-refractivity contribution in [2.75, 3.05) is 12.5 Å². The van der Waals surface area contributed by atoms with Gasteiger partial charge >= 0.3 is 12.3 Å². The van der Waals surface area contributed by atoms with Crippen LogP contribution >= 0.6 is 23.2 Å². The Morgan fingerprint density at radius 3 is 2.34 bits per heavy atom. The van der Waals surface area contributed by atoms with E-state index in [-0.39, 0.29) is 42.1 Å². The Bertz CT molecular complexity index is 2410. The number of anilines is 1. The van der Waals surface area contributed by atoms with Crippen LogP contribution in [-0.4, -0.2) is 56.8 Å². The van der Waals surface area contributed by atoms with E-state index in [9.17, 15) is 37.5 Å². The molecule has 298 valence electrons.